The van der Waals surface area contributed by atoms with Crippen LogP contribution in [0.2, 0.25) is 0 Å². The molecule has 0 bridgehead atoms. The summed E-state index contributed by atoms with van der Waals surface area (Å²) in [6, 6.07) is -0.428. The zero-order valence-corrected chi connectivity index (χ0v) is 11.1. The Hall–Kier alpha value is -1.32. The van der Waals surface area contributed by atoms with Gasteiger partial charge in [-0.2, -0.15) is 0 Å². The molecule has 2 amide bonds. The lowest BCUT2D eigenvalue weighted by Crippen LogP contribution is -2.51. The fraction of sp³-hybridized carbons (Fsp3) is 0.692. The van der Waals surface area contributed by atoms with E-state index in [1.54, 1.807) is 4.90 Å². The third-order valence-electron chi connectivity index (χ3n) is 2.90. The molecule has 96 valence electrons. The molecule has 4 nitrogen and oxygen atoms in total. The molecule has 1 rings (SSSR count). The van der Waals surface area contributed by atoms with Crippen molar-refractivity contribution >= 4 is 11.8 Å². The Morgan fingerprint density at radius 3 is 2.59 bits per heavy atom. The summed E-state index contributed by atoms with van der Waals surface area (Å²) in [4.78, 5) is 25.7. The quantitative estimate of drug-likeness (QED) is 0.738. The molecule has 0 aromatic rings. The van der Waals surface area contributed by atoms with Crippen LogP contribution < -0.4 is 5.32 Å². The maximum Gasteiger partial charge on any atom is 0.245 e. The molecule has 1 aliphatic heterocycles. The third kappa shape index (κ3) is 3.58. The van der Waals surface area contributed by atoms with Gasteiger partial charge in [-0.15, -0.1) is 0 Å². The summed E-state index contributed by atoms with van der Waals surface area (Å²) in [5, 5.41) is 2.82. The van der Waals surface area contributed by atoms with Crippen molar-refractivity contribution in [2.24, 2.45) is 5.41 Å². The van der Waals surface area contributed by atoms with Gasteiger partial charge in [0.1, 0.15) is 6.04 Å². The SMILES string of the molecule is C/C=C/CN1CCC(=O)NC(C(C)(C)C)C1=O. The average Bonchev–Trinajstić information content (AvgIpc) is 2.36. The molecular formula is C13H22N2O2. The summed E-state index contributed by atoms with van der Waals surface area (Å²) in [7, 11) is 0. The van der Waals surface area contributed by atoms with Crippen molar-refractivity contribution in [3.63, 3.8) is 0 Å². The fourth-order valence-corrected chi connectivity index (χ4v) is 1.83. The molecule has 1 saturated heterocycles. The highest BCUT2D eigenvalue weighted by Crippen LogP contribution is 2.22. The molecule has 0 aromatic carbocycles. The van der Waals surface area contributed by atoms with E-state index in [-0.39, 0.29) is 17.2 Å². The summed E-state index contributed by atoms with van der Waals surface area (Å²) < 4.78 is 0. The molecule has 0 saturated carbocycles. The maximum atomic E-state index is 12.3. The zero-order chi connectivity index (χ0) is 13.1. The standard InChI is InChI=1S/C13H22N2O2/c1-5-6-8-15-9-7-10(16)14-11(12(15)17)13(2,3)4/h5-6,11H,7-9H2,1-4H3,(H,14,16)/b6-5+. The van der Waals surface area contributed by atoms with E-state index in [1.165, 1.54) is 0 Å². The number of hydrogen-bond donors (Lipinski definition) is 1. The van der Waals surface area contributed by atoms with Gasteiger partial charge < -0.3 is 10.2 Å². The van der Waals surface area contributed by atoms with Gasteiger partial charge in [0, 0.05) is 19.5 Å². The van der Waals surface area contributed by atoms with Gasteiger partial charge in [-0.1, -0.05) is 32.9 Å². The van der Waals surface area contributed by atoms with Gasteiger partial charge in [-0.25, -0.2) is 0 Å². The van der Waals surface area contributed by atoms with Gasteiger partial charge in [-0.3, -0.25) is 9.59 Å². The number of carbonyl (C=O) groups excluding carboxylic acids is 2. The highest BCUT2D eigenvalue weighted by atomic mass is 16.2. The van der Waals surface area contributed by atoms with Crippen LogP contribution in [0.1, 0.15) is 34.1 Å². The molecule has 1 N–H and O–H groups in total. The minimum atomic E-state index is -0.428. The van der Waals surface area contributed by atoms with E-state index in [4.69, 9.17) is 0 Å². The highest BCUT2D eigenvalue weighted by molar-refractivity contribution is 5.90. The lowest BCUT2D eigenvalue weighted by molar-refractivity contribution is -0.135. The summed E-state index contributed by atoms with van der Waals surface area (Å²) in [5.74, 6) is -0.0253. The minimum absolute atomic E-state index is 0.0152. The van der Waals surface area contributed by atoms with Crippen molar-refractivity contribution in [3.05, 3.63) is 12.2 Å². The molecule has 17 heavy (non-hydrogen) atoms. The lowest BCUT2D eigenvalue weighted by atomic mass is 9.86. The number of hydrogen-bond acceptors (Lipinski definition) is 2. The van der Waals surface area contributed by atoms with Gasteiger partial charge >= 0.3 is 0 Å². The molecule has 1 atom stereocenters. The second-order valence-corrected chi connectivity index (χ2v) is 5.47. The normalized spacial score (nSPS) is 22.8. The first-order valence-electron chi connectivity index (χ1n) is 6.05. The van der Waals surface area contributed by atoms with Gasteiger partial charge in [-0.05, 0) is 12.3 Å². The molecule has 0 radical (unpaired) electrons. The van der Waals surface area contributed by atoms with Crippen LogP contribution in [0.4, 0.5) is 0 Å². The van der Waals surface area contributed by atoms with Crippen molar-refractivity contribution in [3.8, 4) is 0 Å². The van der Waals surface area contributed by atoms with Gasteiger partial charge in [0.2, 0.25) is 11.8 Å². The topological polar surface area (TPSA) is 49.4 Å². The zero-order valence-electron chi connectivity index (χ0n) is 11.1. The largest absolute Gasteiger partial charge is 0.344 e. The Balaban J connectivity index is 2.89. The van der Waals surface area contributed by atoms with E-state index in [1.807, 2.05) is 39.8 Å². The molecule has 1 fully saturated rings. The number of amides is 2. The summed E-state index contributed by atoms with van der Waals surface area (Å²) in [6.45, 7) is 8.91. The first-order valence-corrected chi connectivity index (χ1v) is 6.05. The minimum Gasteiger partial charge on any atom is -0.344 e. The van der Waals surface area contributed by atoms with Crippen LogP contribution in [-0.4, -0.2) is 35.8 Å². The maximum absolute atomic E-state index is 12.3. The number of nitrogens with one attached hydrogen (secondary N) is 1. The molecule has 1 heterocycles. The van der Waals surface area contributed by atoms with E-state index in [0.29, 0.717) is 19.5 Å². The first kappa shape index (κ1) is 13.7. The summed E-state index contributed by atoms with van der Waals surface area (Å²) in [6.07, 6.45) is 4.24. The van der Waals surface area contributed by atoms with Crippen LogP contribution in [0.15, 0.2) is 12.2 Å². The molecule has 1 unspecified atom stereocenters. The lowest BCUT2D eigenvalue weighted by Gasteiger charge is -2.31. The van der Waals surface area contributed by atoms with Crippen LogP contribution in [0.5, 0.6) is 0 Å². The van der Waals surface area contributed by atoms with Gasteiger partial charge in [0.25, 0.3) is 0 Å². The van der Waals surface area contributed by atoms with Crippen LogP contribution in [0.25, 0.3) is 0 Å². The van der Waals surface area contributed by atoms with Crippen LogP contribution in [-0.2, 0) is 9.59 Å². The van der Waals surface area contributed by atoms with E-state index in [0.717, 1.165) is 0 Å². The molecule has 0 spiro atoms. The van der Waals surface area contributed by atoms with E-state index < -0.39 is 6.04 Å². The molecular weight excluding hydrogens is 216 g/mol. The number of allylic oxidation sites excluding steroid dienone is 1. The predicted molar refractivity (Wildman–Crippen MR) is 67.4 cm³/mol. The van der Waals surface area contributed by atoms with Crippen molar-refractivity contribution < 1.29 is 9.59 Å². The second kappa shape index (κ2) is 5.34. The van der Waals surface area contributed by atoms with E-state index in [9.17, 15) is 9.59 Å². The average molecular weight is 238 g/mol. The van der Waals surface area contributed by atoms with Gasteiger partial charge in [0.15, 0.2) is 0 Å². The van der Waals surface area contributed by atoms with E-state index in [2.05, 4.69) is 5.32 Å². The molecule has 0 aromatic heterocycles. The molecule has 0 aliphatic carbocycles. The number of nitrogens with zero attached hydrogens (tertiary/aromatic N) is 1. The predicted octanol–water partition coefficient (Wildman–Crippen LogP) is 1.33. The Morgan fingerprint density at radius 1 is 1.41 bits per heavy atom. The number of carbonyl (C=O) groups is 2. The summed E-state index contributed by atoms with van der Waals surface area (Å²) >= 11 is 0. The first-order chi connectivity index (χ1) is 7.86. The van der Waals surface area contributed by atoms with E-state index >= 15 is 0 Å². The van der Waals surface area contributed by atoms with Crippen LogP contribution >= 0.6 is 0 Å². The van der Waals surface area contributed by atoms with Crippen molar-refractivity contribution in [2.75, 3.05) is 13.1 Å². The Morgan fingerprint density at radius 2 is 2.06 bits per heavy atom. The Kier molecular flexibility index (Phi) is 4.32. The Bertz CT molecular complexity index is 329. The number of rotatable bonds is 2. The van der Waals surface area contributed by atoms with Crippen molar-refractivity contribution in [2.45, 2.75) is 40.2 Å². The van der Waals surface area contributed by atoms with Crippen LogP contribution in [0.3, 0.4) is 0 Å². The van der Waals surface area contributed by atoms with Crippen molar-refractivity contribution in [1.82, 2.24) is 10.2 Å². The Labute approximate surface area is 103 Å². The fourth-order valence-electron chi connectivity index (χ4n) is 1.83. The smallest absolute Gasteiger partial charge is 0.245 e. The van der Waals surface area contributed by atoms with Crippen molar-refractivity contribution in [1.29, 1.82) is 0 Å². The van der Waals surface area contributed by atoms with Gasteiger partial charge in [0.05, 0.1) is 0 Å². The van der Waals surface area contributed by atoms with Crippen LogP contribution in [0, 0.1) is 5.41 Å². The third-order valence-corrected chi connectivity index (χ3v) is 2.90. The monoisotopic (exact) mass is 238 g/mol. The second-order valence-electron chi connectivity index (χ2n) is 5.47. The molecule has 1 aliphatic rings. The summed E-state index contributed by atoms with van der Waals surface area (Å²) in [5.41, 5.74) is -0.259. The molecule has 4 heteroatoms. The highest BCUT2D eigenvalue weighted by Gasteiger charge is 2.37.